The Kier molecular flexibility index (Phi) is 3.23. The standard InChI is InChI=1S/C16H22N2O/c1-11-15(8-12-6-7-17-10-12)14-5-4-13(19-3)9-16(14)18(11)2/h4-5,9,12,17H,6-8,10H2,1-3H3. The van der Waals surface area contributed by atoms with Gasteiger partial charge in [-0.1, -0.05) is 0 Å². The molecule has 0 amide bonds. The second-order valence-electron chi connectivity index (χ2n) is 5.57. The predicted molar refractivity (Wildman–Crippen MR) is 78.9 cm³/mol. The number of aromatic nitrogens is 1. The molecule has 1 saturated heterocycles. The zero-order valence-electron chi connectivity index (χ0n) is 12.0. The van der Waals surface area contributed by atoms with Crippen molar-refractivity contribution in [2.75, 3.05) is 20.2 Å². The minimum Gasteiger partial charge on any atom is -0.497 e. The molecule has 1 fully saturated rings. The number of nitrogens with zero attached hydrogens (tertiary/aromatic N) is 1. The lowest BCUT2D eigenvalue weighted by atomic mass is 9.96. The molecule has 2 heterocycles. The molecule has 1 aliphatic rings. The van der Waals surface area contributed by atoms with Crippen molar-refractivity contribution in [3.05, 3.63) is 29.5 Å². The number of fused-ring (bicyclic) bond motifs is 1. The molecule has 0 bridgehead atoms. The van der Waals surface area contributed by atoms with E-state index in [9.17, 15) is 0 Å². The van der Waals surface area contributed by atoms with Crippen molar-refractivity contribution in [3.8, 4) is 5.75 Å². The fraction of sp³-hybridized carbons (Fsp3) is 0.500. The Morgan fingerprint density at radius 3 is 2.95 bits per heavy atom. The molecular formula is C16H22N2O. The third-order valence-corrected chi connectivity index (χ3v) is 4.49. The summed E-state index contributed by atoms with van der Waals surface area (Å²) in [5, 5.41) is 4.84. The maximum absolute atomic E-state index is 5.34. The molecule has 102 valence electrons. The van der Waals surface area contributed by atoms with E-state index in [1.165, 1.54) is 41.5 Å². The molecule has 3 nitrogen and oxygen atoms in total. The van der Waals surface area contributed by atoms with Gasteiger partial charge in [-0.2, -0.15) is 0 Å². The number of hydrogen-bond donors (Lipinski definition) is 1. The van der Waals surface area contributed by atoms with Crippen LogP contribution in [0.5, 0.6) is 5.75 Å². The average molecular weight is 258 g/mol. The minimum atomic E-state index is 0.784. The zero-order chi connectivity index (χ0) is 13.4. The third-order valence-electron chi connectivity index (χ3n) is 4.49. The van der Waals surface area contributed by atoms with Crippen LogP contribution in [0, 0.1) is 12.8 Å². The second-order valence-corrected chi connectivity index (χ2v) is 5.57. The molecule has 1 N–H and O–H groups in total. The number of benzene rings is 1. The highest BCUT2D eigenvalue weighted by atomic mass is 16.5. The molecular weight excluding hydrogens is 236 g/mol. The highest BCUT2D eigenvalue weighted by Gasteiger charge is 2.19. The molecule has 1 aromatic heterocycles. The molecule has 19 heavy (non-hydrogen) atoms. The van der Waals surface area contributed by atoms with Crippen LogP contribution in [0.25, 0.3) is 10.9 Å². The summed E-state index contributed by atoms with van der Waals surface area (Å²) in [6.45, 7) is 4.55. The van der Waals surface area contributed by atoms with E-state index in [0.717, 1.165) is 18.2 Å². The van der Waals surface area contributed by atoms with E-state index in [1.807, 2.05) is 0 Å². The molecule has 0 radical (unpaired) electrons. The normalized spacial score (nSPS) is 19.2. The molecule has 1 aliphatic heterocycles. The van der Waals surface area contributed by atoms with Crippen LogP contribution in [0.15, 0.2) is 18.2 Å². The Balaban J connectivity index is 2.05. The maximum Gasteiger partial charge on any atom is 0.120 e. The van der Waals surface area contributed by atoms with Gasteiger partial charge in [-0.3, -0.25) is 0 Å². The van der Waals surface area contributed by atoms with E-state index in [4.69, 9.17) is 4.74 Å². The van der Waals surface area contributed by atoms with E-state index in [1.54, 1.807) is 7.11 Å². The van der Waals surface area contributed by atoms with Crippen LogP contribution in [-0.4, -0.2) is 24.8 Å². The molecule has 1 atom stereocenters. The Labute approximate surface area is 114 Å². The maximum atomic E-state index is 5.34. The first kappa shape index (κ1) is 12.5. The van der Waals surface area contributed by atoms with Gasteiger partial charge in [0.1, 0.15) is 5.75 Å². The quantitative estimate of drug-likeness (QED) is 0.916. The molecule has 0 saturated carbocycles. The van der Waals surface area contributed by atoms with E-state index in [0.29, 0.717) is 0 Å². The summed E-state index contributed by atoms with van der Waals surface area (Å²) in [6, 6.07) is 6.41. The highest BCUT2D eigenvalue weighted by molar-refractivity contribution is 5.86. The smallest absolute Gasteiger partial charge is 0.120 e. The van der Waals surface area contributed by atoms with Crippen LogP contribution >= 0.6 is 0 Å². The molecule has 1 aromatic carbocycles. The van der Waals surface area contributed by atoms with Gasteiger partial charge in [0.2, 0.25) is 0 Å². The van der Waals surface area contributed by atoms with Gasteiger partial charge in [0, 0.05) is 24.2 Å². The van der Waals surface area contributed by atoms with Crippen molar-refractivity contribution in [3.63, 3.8) is 0 Å². The van der Waals surface area contributed by atoms with Gasteiger partial charge in [0.05, 0.1) is 12.6 Å². The molecule has 3 rings (SSSR count). The number of aryl methyl sites for hydroxylation is 1. The van der Waals surface area contributed by atoms with Crippen molar-refractivity contribution in [2.24, 2.45) is 13.0 Å². The molecule has 1 unspecified atom stereocenters. The van der Waals surface area contributed by atoms with Crippen LogP contribution in [0.2, 0.25) is 0 Å². The van der Waals surface area contributed by atoms with E-state index in [2.05, 4.69) is 42.1 Å². The molecule has 3 heteroatoms. The minimum absolute atomic E-state index is 0.784. The fourth-order valence-electron chi connectivity index (χ4n) is 3.18. The van der Waals surface area contributed by atoms with Crippen molar-refractivity contribution >= 4 is 10.9 Å². The van der Waals surface area contributed by atoms with Crippen LogP contribution in [-0.2, 0) is 13.5 Å². The number of hydrogen-bond acceptors (Lipinski definition) is 2. The Morgan fingerprint density at radius 2 is 2.26 bits per heavy atom. The predicted octanol–water partition coefficient (Wildman–Crippen LogP) is 2.65. The number of rotatable bonds is 3. The zero-order valence-corrected chi connectivity index (χ0v) is 12.0. The van der Waals surface area contributed by atoms with Crippen LogP contribution in [0.4, 0.5) is 0 Å². The van der Waals surface area contributed by atoms with Gasteiger partial charge in [-0.05, 0) is 56.5 Å². The largest absolute Gasteiger partial charge is 0.497 e. The Bertz CT molecular complexity index is 594. The van der Waals surface area contributed by atoms with Gasteiger partial charge in [0.15, 0.2) is 0 Å². The molecule has 0 spiro atoms. The molecule has 2 aromatic rings. The van der Waals surface area contributed by atoms with Crippen molar-refractivity contribution < 1.29 is 4.74 Å². The van der Waals surface area contributed by atoms with E-state index < -0.39 is 0 Å². The lowest BCUT2D eigenvalue weighted by Gasteiger charge is -2.08. The van der Waals surface area contributed by atoms with E-state index >= 15 is 0 Å². The van der Waals surface area contributed by atoms with Crippen molar-refractivity contribution in [2.45, 2.75) is 19.8 Å². The summed E-state index contributed by atoms with van der Waals surface area (Å²) in [5.41, 5.74) is 4.17. The third kappa shape index (κ3) is 2.12. The lowest BCUT2D eigenvalue weighted by molar-refractivity contribution is 0.415. The summed E-state index contributed by atoms with van der Waals surface area (Å²) in [6.07, 6.45) is 2.48. The first-order valence-electron chi connectivity index (χ1n) is 7.03. The first-order chi connectivity index (χ1) is 9.20. The van der Waals surface area contributed by atoms with Crippen molar-refractivity contribution in [1.29, 1.82) is 0 Å². The van der Waals surface area contributed by atoms with Gasteiger partial charge < -0.3 is 14.6 Å². The monoisotopic (exact) mass is 258 g/mol. The topological polar surface area (TPSA) is 26.2 Å². The van der Waals surface area contributed by atoms with Crippen molar-refractivity contribution in [1.82, 2.24) is 9.88 Å². The second kappa shape index (κ2) is 4.89. The van der Waals surface area contributed by atoms with Crippen LogP contribution in [0.1, 0.15) is 17.7 Å². The molecule has 0 aliphatic carbocycles. The van der Waals surface area contributed by atoms with Gasteiger partial charge in [0.25, 0.3) is 0 Å². The summed E-state index contributed by atoms with van der Waals surface area (Å²) < 4.78 is 7.62. The Morgan fingerprint density at radius 1 is 1.42 bits per heavy atom. The first-order valence-corrected chi connectivity index (χ1v) is 7.03. The van der Waals surface area contributed by atoms with Gasteiger partial charge in [-0.15, -0.1) is 0 Å². The highest BCUT2D eigenvalue weighted by Crippen LogP contribution is 2.30. The fourth-order valence-corrected chi connectivity index (χ4v) is 3.18. The average Bonchev–Trinajstić information content (AvgIpc) is 3.02. The van der Waals surface area contributed by atoms with Gasteiger partial charge >= 0.3 is 0 Å². The van der Waals surface area contributed by atoms with Crippen LogP contribution in [0.3, 0.4) is 0 Å². The van der Waals surface area contributed by atoms with Crippen LogP contribution < -0.4 is 10.1 Å². The van der Waals surface area contributed by atoms with E-state index in [-0.39, 0.29) is 0 Å². The Hall–Kier alpha value is -1.48. The van der Waals surface area contributed by atoms with Gasteiger partial charge in [-0.25, -0.2) is 0 Å². The summed E-state index contributed by atoms with van der Waals surface area (Å²) >= 11 is 0. The number of ether oxygens (including phenoxy) is 1. The number of methoxy groups -OCH3 is 1. The lowest BCUT2D eigenvalue weighted by Crippen LogP contribution is -2.11. The number of nitrogens with one attached hydrogen (secondary N) is 1. The summed E-state index contributed by atoms with van der Waals surface area (Å²) in [7, 11) is 3.87. The summed E-state index contributed by atoms with van der Waals surface area (Å²) in [4.78, 5) is 0. The summed E-state index contributed by atoms with van der Waals surface area (Å²) in [5.74, 6) is 1.72. The SMILES string of the molecule is COc1ccc2c(CC3CCNC3)c(C)n(C)c2c1.